The van der Waals surface area contributed by atoms with Gasteiger partial charge in [0.2, 0.25) is 5.95 Å². The van der Waals surface area contributed by atoms with Gasteiger partial charge in [-0.1, -0.05) is 18.5 Å². The number of hydrogen-bond donors (Lipinski definition) is 2. The summed E-state index contributed by atoms with van der Waals surface area (Å²) in [5, 5.41) is 7.06. The molecule has 2 N–H and O–H groups in total. The van der Waals surface area contributed by atoms with Gasteiger partial charge in [0.25, 0.3) is 0 Å². The van der Waals surface area contributed by atoms with E-state index in [9.17, 15) is 0 Å². The van der Waals surface area contributed by atoms with Gasteiger partial charge in [0.15, 0.2) is 0 Å². The first-order valence-corrected chi connectivity index (χ1v) is 7.62. The Balaban J connectivity index is 2.20. The van der Waals surface area contributed by atoms with Crippen molar-refractivity contribution in [3.05, 3.63) is 35.0 Å². The number of benzene rings is 1. The number of methoxy groups -OCH3 is 1. The third-order valence-electron chi connectivity index (χ3n) is 3.27. The van der Waals surface area contributed by atoms with Gasteiger partial charge in [-0.3, -0.25) is 0 Å². The summed E-state index contributed by atoms with van der Waals surface area (Å²) in [5.74, 6) is 1.98. The SMILES string of the molecule is CCC(C)Nc1cc(C)nc(Nc2ccc(OC)c(Cl)c2)n1. The molecule has 1 aromatic carbocycles. The second-order valence-electron chi connectivity index (χ2n) is 5.15. The maximum Gasteiger partial charge on any atom is 0.229 e. The van der Waals surface area contributed by atoms with Crippen molar-refractivity contribution in [2.24, 2.45) is 0 Å². The van der Waals surface area contributed by atoms with Gasteiger partial charge in [-0.25, -0.2) is 4.98 Å². The van der Waals surface area contributed by atoms with E-state index in [1.165, 1.54) is 0 Å². The molecule has 0 spiro atoms. The lowest BCUT2D eigenvalue weighted by Crippen LogP contribution is -2.15. The molecule has 6 heteroatoms. The van der Waals surface area contributed by atoms with Crippen LogP contribution >= 0.6 is 11.6 Å². The van der Waals surface area contributed by atoms with E-state index in [-0.39, 0.29) is 0 Å². The number of aromatic nitrogens is 2. The summed E-state index contributed by atoms with van der Waals surface area (Å²) in [6.07, 6.45) is 1.03. The summed E-state index contributed by atoms with van der Waals surface area (Å²) >= 11 is 6.13. The number of aryl methyl sites for hydroxylation is 1. The Morgan fingerprint density at radius 1 is 1.27 bits per heavy atom. The summed E-state index contributed by atoms with van der Waals surface area (Å²) in [6.45, 7) is 6.19. The molecule has 0 saturated heterocycles. The standard InChI is InChI=1S/C16H21ClN4O/c1-5-10(2)18-15-8-11(3)19-16(21-15)20-12-6-7-14(22-4)13(17)9-12/h6-10H,5H2,1-4H3,(H2,18,19,20,21). The van der Waals surface area contributed by atoms with Crippen LogP contribution in [-0.4, -0.2) is 23.1 Å². The summed E-state index contributed by atoms with van der Waals surface area (Å²) in [4.78, 5) is 8.88. The molecule has 1 aromatic heterocycles. The molecule has 2 aromatic rings. The van der Waals surface area contributed by atoms with Gasteiger partial charge in [0.1, 0.15) is 11.6 Å². The van der Waals surface area contributed by atoms with Crippen LogP contribution in [0.5, 0.6) is 5.75 Å². The lowest BCUT2D eigenvalue weighted by atomic mass is 10.2. The number of ether oxygens (including phenoxy) is 1. The highest BCUT2D eigenvalue weighted by Crippen LogP contribution is 2.28. The van der Waals surface area contributed by atoms with E-state index in [4.69, 9.17) is 16.3 Å². The van der Waals surface area contributed by atoms with Crippen molar-refractivity contribution in [2.45, 2.75) is 33.2 Å². The molecule has 0 aliphatic carbocycles. The lowest BCUT2D eigenvalue weighted by Gasteiger charge is -2.14. The first-order chi connectivity index (χ1) is 10.5. The van der Waals surface area contributed by atoms with Gasteiger partial charge in [0, 0.05) is 23.5 Å². The van der Waals surface area contributed by atoms with Crippen LogP contribution in [0.3, 0.4) is 0 Å². The Morgan fingerprint density at radius 3 is 2.68 bits per heavy atom. The molecule has 0 aliphatic rings. The van der Waals surface area contributed by atoms with Crippen molar-refractivity contribution < 1.29 is 4.74 Å². The van der Waals surface area contributed by atoms with Crippen molar-refractivity contribution in [3.63, 3.8) is 0 Å². The molecular formula is C16H21ClN4O. The van der Waals surface area contributed by atoms with Crippen LogP contribution in [0.1, 0.15) is 26.0 Å². The van der Waals surface area contributed by atoms with Crippen LogP contribution in [0.25, 0.3) is 0 Å². The van der Waals surface area contributed by atoms with Gasteiger partial charge < -0.3 is 15.4 Å². The van der Waals surface area contributed by atoms with E-state index >= 15 is 0 Å². The van der Waals surface area contributed by atoms with Crippen molar-refractivity contribution in [3.8, 4) is 5.75 Å². The minimum atomic E-state index is 0.359. The number of nitrogens with zero attached hydrogens (tertiary/aromatic N) is 2. The Kier molecular flexibility index (Phi) is 5.44. The normalized spacial score (nSPS) is 11.9. The molecule has 0 fully saturated rings. The summed E-state index contributed by atoms with van der Waals surface area (Å²) in [7, 11) is 1.59. The highest BCUT2D eigenvalue weighted by Gasteiger charge is 2.07. The highest BCUT2D eigenvalue weighted by molar-refractivity contribution is 6.32. The second-order valence-corrected chi connectivity index (χ2v) is 5.55. The predicted octanol–water partition coefficient (Wildman–Crippen LogP) is 4.40. The minimum absolute atomic E-state index is 0.359. The van der Waals surface area contributed by atoms with Gasteiger partial charge >= 0.3 is 0 Å². The zero-order valence-electron chi connectivity index (χ0n) is 13.3. The molecule has 1 heterocycles. The van der Waals surface area contributed by atoms with E-state index in [0.29, 0.717) is 22.8 Å². The summed E-state index contributed by atoms with van der Waals surface area (Å²) < 4.78 is 5.14. The topological polar surface area (TPSA) is 59.1 Å². The molecule has 2 rings (SSSR count). The Labute approximate surface area is 136 Å². The van der Waals surface area contributed by atoms with Crippen LogP contribution in [0, 0.1) is 6.92 Å². The minimum Gasteiger partial charge on any atom is -0.495 e. The highest BCUT2D eigenvalue weighted by atomic mass is 35.5. The maximum atomic E-state index is 6.13. The molecule has 0 radical (unpaired) electrons. The molecule has 0 saturated carbocycles. The number of nitrogens with one attached hydrogen (secondary N) is 2. The number of halogens is 1. The predicted molar refractivity (Wildman–Crippen MR) is 91.4 cm³/mol. The quantitative estimate of drug-likeness (QED) is 0.826. The molecule has 5 nitrogen and oxygen atoms in total. The lowest BCUT2D eigenvalue weighted by molar-refractivity contribution is 0.415. The van der Waals surface area contributed by atoms with Crippen molar-refractivity contribution in [2.75, 3.05) is 17.7 Å². The third-order valence-corrected chi connectivity index (χ3v) is 3.56. The molecule has 1 atom stereocenters. The average molecular weight is 321 g/mol. The van der Waals surface area contributed by atoms with Crippen LogP contribution in [0.15, 0.2) is 24.3 Å². The van der Waals surface area contributed by atoms with Crippen LogP contribution < -0.4 is 15.4 Å². The fourth-order valence-electron chi connectivity index (χ4n) is 1.93. The largest absolute Gasteiger partial charge is 0.495 e. The smallest absolute Gasteiger partial charge is 0.229 e. The molecule has 0 aliphatic heterocycles. The fourth-order valence-corrected chi connectivity index (χ4v) is 2.18. The monoisotopic (exact) mass is 320 g/mol. The molecular weight excluding hydrogens is 300 g/mol. The van der Waals surface area contributed by atoms with Gasteiger partial charge in [-0.2, -0.15) is 4.98 Å². The molecule has 0 bridgehead atoms. The molecule has 118 valence electrons. The number of hydrogen-bond acceptors (Lipinski definition) is 5. The van der Waals surface area contributed by atoms with Gasteiger partial charge in [-0.05, 0) is 38.5 Å². The number of anilines is 3. The Morgan fingerprint density at radius 2 is 2.05 bits per heavy atom. The molecule has 0 amide bonds. The molecule has 22 heavy (non-hydrogen) atoms. The Bertz CT molecular complexity index is 648. The zero-order valence-corrected chi connectivity index (χ0v) is 14.0. The molecule has 1 unspecified atom stereocenters. The van der Waals surface area contributed by atoms with E-state index < -0.39 is 0 Å². The maximum absolute atomic E-state index is 6.13. The van der Waals surface area contributed by atoms with E-state index in [1.54, 1.807) is 19.2 Å². The Hall–Kier alpha value is -2.01. The van der Waals surface area contributed by atoms with Crippen LogP contribution in [0.2, 0.25) is 5.02 Å². The van der Waals surface area contributed by atoms with Crippen molar-refractivity contribution in [1.29, 1.82) is 0 Å². The number of rotatable bonds is 6. The summed E-state index contributed by atoms with van der Waals surface area (Å²) in [6, 6.07) is 7.75. The van der Waals surface area contributed by atoms with Crippen molar-refractivity contribution in [1.82, 2.24) is 9.97 Å². The van der Waals surface area contributed by atoms with E-state index in [1.807, 2.05) is 19.1 Å². The first-order valence-electron chi connectivity index (χ1n) is 7.24. The van der Waals surface area contributed by atoms with Crippen LogP contribution in [0.4, 0.5) is 17.5 Å². The van der Waals surface area contributed by atoms with E-state index in [0.717, 1.165) is 23.6 Å². The summed E-state index contributed by atoms with van der Waals surface area (Å²) in [5.41, 5.74) is 1.70. The second kappa shape index (κ2) is 7.31. The van der Waals surface area contributed by atoms with Crippen molar-refractivity contribution >= 4 is 29.1 Å². The third kappa shape index (κ3) is 4.24. The average Bonchev–Trinajstić information content (AvgIpc) is 2.46. The fraction of sp³-hybridized carbons (Fsp3) is 0.375. The van der Waals surface area contributed by atoms with Gasteiger partial charge in [0.05, 0.1) is 12.1 Å². The first kappa shape index (κ1) is 16.4. The van der Waals surface area contributed by atoms with Crippen LogP contribution in [-0.2, 0) is 0 Å². The van der Waals surface area contributed by atoms with E-state index in [2.05, 4.69) is 34.4 Å². The zero-order chi connectivity index (χ0) is 16.1. The van der Waals surface area contributed by atoms with Gasteiger partial charge in [-0.15, -0.1) is 0 Å².